The van der Waals surface area contributed by atoms with Crippen LogP contribution in [-0.4, -0.2) is 14.5 Å². The molecule has 0 unspecified atom stereocenters. The standard InChI is InChI=1S/C57H37N3O/c1-57(2)47-15-7-3-11-41(47)42-28-24-39(33-48(42)57)55-44-13-4-8-16-49(44)58-56(59-55)60-50-17-9-5-14-45(50)54-40-27-23-36(31-38(40)25-29-51(54)60)34-19-21-35(22-20-34)37-26-30-53-46(32-37)43-12-6-10-18-52(43)61-53/h3-33H,1-2H3. The Morgan fingerprint density at radius 3 is 1.95 bits per heavy atom. The molecule has 3 heterocycles. The van der Waals surface area contributed by atoms with Crippen LogP contribution < -0.4 is 0 Å². The summed E-state index contributed by atoms with van der Waals surface area (Å²) in [5.74, 6) is 0.666. The first-order chi connectivity index (χ1) is 30.0. The topological polar surface area (TPSA) is 43.9 Å². The van der Waals surface area contributed by atoms with Crippen molar-refractivity contribution in [1.82, 2.24) is 14.5 Å². The van der Waals surface area contributed by atoms with E-state index in [0.29, 0.717) is 5.95 Å². The van der Waals surface area contributed by atoms with Gasteiger partial charge in [-0.05, 0) is 104 Å². The molecule has 1 aliphatic rings. The predicted molar refractivity (Wildman–Crippen MR) is 253 cm³/mol. The first kappa shape index (κ1) is 34.1. The summed E-state index contributed by atoms with van der Waals surface area (Å²) in [4.78, 5) is 10.7. The third-order valence-corrected chi connectivity index (χ3v) is 13.2. The maximum atomic E-state index is 6.09. The van der Waals surface area contributed by atoms with Crippen molar-refractivity contribution in [3.63, 3.8) is 0 Å². The molecular weight excluding hydrogens is 743 g/mol. The average molecular weight is 780 g/mol. The van der Waals surface area contributed by atoms with Gasteiger partial charge in [0.2, 0.25) is 5.95 Å². The van der Waals surface area contributed by atoms with Gasteiger partial charge in [-0.2, -0.15) is 0 Å². The van der Waals surface area contributed by atoms with Crippen LogP contribution in [0.25, 0.3) is 116 Å². The van der Waals surface area contributed by atoms with Crippen LogP contribution in [0.5, 0.6) is 0 Å². The summed E-state index contributed by atoms with van der Waals surface area (Å²) in [6, 6.07) is 67.7. The number of benzene rings is 9. The van der Waals surface area contributed by atoms with Crippen molar-refractivity contribution < 1.29 is 4.42 Å². The lowest BCUT2D eigenvalue weighted by atomic mass is 9.82. The van der Waals surface area contributed by atoms with E-state index < -0.39 is 0 Å². The molecule has 0 spiro atoms. The van der Waals surface area contributed by atoms with Crippen molar-refractivity contribution in [1.29, 1.82) is 0 Å². The minimum absolute atomic E-state index is 0.114. The Hall–Kier alpha value is -7.82. The molecule has 61 heavy (non-hydrogen) atoms. The second-order valence-corrected chi connectivity index (χ2v) is 17.0. The van der Waals surface area contributed by atoms with Crippen LogP contribution in [-0.2, 0) is 5.41 Å². The Bertz CT molecular complexity index is 3790. The van der Waals surface area contributed by atoms with E-state index >= 15 is 0 Å². The molecule has 4 heteroatoms. The first-order valence-electron chi connectivity index (χ1n) is 21.0. The lowest BCUT2D eigenvalue weighted by Crippen LogP contribution is -2.15. The predicted octanol–water partition coefficient (Wildman–Crippen LogP) is 15.1. The number of rotatable bonds is 4. The highest BCUT2D eigenvalue weighted by Gasteiger charge is 2.35. The summed E-state index contributed by atoms with van der Waals surface area (Å²) in [5, 5.41) is 8.10. The van der Waals surface area contributed by atoms with E-state index in [-0.39, 0.29) is 5.41 Å². The van der Waals surface area contributed by atoms with Gasteiger partial charge in [0.1, 0.15) is 11.2 Å². The molecular formula is C57H37N3O. The highest BCUT2D eigenvalue weighted by molar-refractivity contribution is 6.21. The summed E-state index contributed by atoms with van der Waals surface area (Å²) < 4.78 is 8.34. The van der Waals surface area contributed by atoms with Gasteiger partial charge in [-0.15, -0.1) is 0 Å². The highest BCUT2D eigenvalue weighted by atomic mass is 16.3. The van der Waals surface area contributed by atoms with Crippen molar-refractivity contribution >= 4 is 65.4 Å². The molecule has 286 valence electrons. The molecule has 4 nitrogen and oxygen atoms in total. The maximum Gasteiger partial charge on any atom is 0.235 e. The van der Waals surface area contributed by atoms with Crippen molar-refractivity contribution in [2.24, 2.45) is 0 Å². The maximum absolute atomic E-state index is 6.09. The summed E-state index contributed by atoms with van der Waals surface area (Å²) in [7, 11) is 0. The van der Waals surface area contributed by atoms with Crippen LogP contribution in [0.1, 0.15) is 25.0 Å². The first-order valence-corrected chi connectivity index (χ1v) is 21.0. The second kappa shape index (κ2) is 12.6. The van der Waals surface area contributed by atoms with E-state index in [4.69, 9.17) is 14.4 Å². The molecule has 0 saturated carbocycles. The fourth-order valence-corrected chi connectivity index (χ4v) is 10.2. The quantitative estimate of drug-likeness (QED) is 0.179. The van der Waals surface area contributed by atoms with Crippen LogP contribution >= 0.6 is 0 Å². The molecule has 9 aromatic carbocycles. The molecule has 0 N–H and O–H groups in total. The molecule has 0 saturated heterocycles. The van der Waals surface area contributed by atoms with E-state index in [9.17, 15) is 0 Å². The van der Waals surface area contributed by atoms with Gasteiger partial charge in [0.25, 0.3) is 0 Å². The molecule has 13 rings (SSSR count). The third-order valence-electron chi connectivity index (χ3n) is 13.2. The fourth-order valence-electron chi connectivity index (χ4n) is 10.2. The summed E-state index contributed by atoms with van der Waals surface area (Å²) in [6.07, 6.45) is 0. The lowest BCUT2D eigenvalue weighted by molar-refractivity contribution is 0.660. The SMILES string of the molecule is CC1(C)c2ccccc2-c2ccc(-c3nc(-n4c5ccccc5c5c6ccc(-c7ccc(-c8ccc9oc%10ccccc%10c9c8)cc7)cc6ccc54)nc4ccccc34)cc21. The Labute approximate surface area is 352 Å². The lowest BCUT2D eigenvalue weighted by Gasteiger charge is -2.22. The monoisotopic (exact) mass is 779 g/mol. The zero-order valence-corrected chi connectivity index (χ0v) is 33.6. The molecule has 0 atom stereocenters. The van der Waals surface area contributed by atoms with E-state index in [0.717, 1.165) is 55.1 Å². The van der Waals surface area contributed by atoms with E-state index in [1.807, 2.05) is 12.1 Å². The van der Waals surface area contributed by atoms with Gasteiger partial charge in [0.15, 0.2) is 0 Å². The number of hydrogen-bond donors (Lipinski definition) is 0. The van der Waals surface area contributed by atoms with Crippen molar-refractivity contribution in [3.05, 3.63) is 199 Å². The summed E-state index contributed by atoms with van der Waals surface area (Å²) in [6.45, 7) is 4.66. The Kier molecular flexibility index (Phi) is 7.04. The highest BCUT2D eigenvalue weighted by Crippen LogP contribution is 2.50. The minimum Gasteiger partial charge on any atom is -0.456 e. The molecule has 0 fully saturated rings. The Morgan fingerprint density at radius 2 is 1.08 bits per heavy atom. The fraction of sp³-hybridized carbons (Fsp3) is 0.0526. The van der Waals surface area contributed by atoms with Gasteiger partial charge in [-0.1, -0.05) is 153 Å². The van der Waals surface area contributed by atoms with Crippen molar-refractivity contribution in [2.75, 3.05) is 0 Å². The zero-order valence-electron chi connectivity index (χ0n) is 33.6. The van der Waals surface area contributed by atoms with E-state index in [2.05, 4.69) is 194 Å². The van der Waals surface area contributed by atoms with Gasteiger partial charge in [0.05, 0.1) is 22.2 Å². The number of aromatic nitrogens is 3. The molecule has 0 aliphatic heterocycles. The minimum atomic E-state index is -0.114. The van der Waals surface area contributed by atoms with Crippen LogP contribution in [0.3, 0.4) is 0 Å². The van der Waals surface area contributed by atoms with Crippen LogP contribution in [0.4, 0.5) is 0 Å². The largest absolute Gasteiger partial charge is 0.456 e. The van der Waals surface area contributed by atoms with Gasteiger partial charge >= 0.3 is 0 Å². The van der Waals surface area contributed by atoms with Gasteiger partial charge in [-0.3, -0.25) is 4.57 Å². The Balaban J connectivity index is 0.919. The summed E-state index contributed by atoms with van der Waals surface area (Å²) in [5.41, 5.74) is 16.9. The average Bonchev–Trinajstić information content (AvgIpc) is 3.93. The second-order valence-electron chi connectivity index (χ2n) is 17.0. The molecule has 3 aromatic heterocycles. The molecule has 0 bridgehead atoms. The molecule has 0 amide bonds. The smallest absolute Gasteiger partial charge is 0.235 e. The Morgan fingerprint density at radius 1 is 0.426 bits per heavy atom. The van der Waals surface area contributed by atoms with Gasteiger partial charge < -0.3 is 4.42 Å². The summed E-state index contributed by atoms with van der Waals surface area (Å²) >= 11 is 0. The van der Waals surface area contributed by atoms with Gasteiger partial charge in [0, 0.05) is 37.9 Å². The normalized spacial score (nSPS) is 13.2. The van der Waals surface area contributed by atoms with Crippen molar-refractivity contribution in [2.45, 2.75) is 19.3 Å². The zero-order chi connectivity index (χ0) is 40.4. The number of para-hydroxylation sites is 3. The van der Waals surface area contributed by atoms with Crippen LogP contribution in [0, 0.1) is 0 Å². The van der Waals surface area contributed by atoms with Gasteiger partial charge in [-0.25, -0.2) is 9.97 Å². The molecule has 0 radical (unpaired) electrons. The number of furan rings is 1. The van der Waals surface area contributed by atoms with Crippen molar-refractivity contribution in [3.8, 4) is 50.6 Å². The number of fused-ring (bicyclic) bond motifs is 12. The number of nitrogens with zero attached hydrogens (tertiary/aromatic N) is 3. The van der Waals surface area contributed by atoms with Crippen LogP contribution in [0.15, 0.2) is 192 Å². The van der Waals surface area contributed by atoms with Crippen LogP contribution in [0.2, 0.25) is 0 Å². The van der Waals surface area contributed by atoms with E-state index in [1.165, 1.54) is 66.1 Å². The van der Waals surface area contributed by atoms with E-state index in [1.54, 1.807) is 0 Å². The molecule has 12 aromatic rings. The number of hydrogen-bond acceptors (Lipinski definition) is 3. The molecule has 1 aliphatic carbocycles. The third kappa shape index (κ3) is 5.00.